The van der Waals surface area contributed by atoms with E-state index in [0.29, 0.717) is 25.9 Å². The van der Waals surface area contributed by atoms with Crippen molar-refractivity contribution in [2.24, 2.45) is 5.73 Å². The Morgan fingerprint density at radius 3 is 2.17 bits per heavy atom. The van der Waals surface area contributed by atoms with Gasteiger partial charge in [-0.3, -0.25) is 9.59 Å². The van der Waals surface area contributed by atoms with Crippen molar-refractivity contribution in [3.05, 3.63) is 0 Å². The number of piperidine rings is 1. The third kappa shape index (κ3) is 4.64. The molecule has 0 aromatic carbocycles. The standard InChI is InChI=1S/C13H24N2O3/c1-10(16)15-7-5-13(14,6-8-15)9-11(17)18-12(2,3)4/h5-9,14H2,1-4H3. The maximum absolute atomic E-state index is 11.8. The first kappa shape index (κ1) is 15.0. The second kappa shape index (κ2) is 5.26. The number of ether oxygens (including phenoxy) is 1. The van der Waals surface area contributed by atoms with Crippen LogP contribution in [0.2, 0.25) is 0 Å². The van der Waals surface area contributed by atoms with Crippen LogP contribution in [0, 0.1) is 0 Å². The number of rotatable bonds is 2. The van der Waals surface area contributed by atoms with Crippen LogP contribution in [0.25, 0.3) is 0 Å². The molecule has 0 bridgehead atoms. The molecule has 1 rings (SSSR count). The molecule has 0 spiro atoms. The van der Waals surface area contributed by atoms with Crippen LogP contribution >= 0.6 is 0 Å². The van der Waals surface area contributed by atoms with Gasteiger partial charge in [-0.1, -0.05) is 0 Å². The molecule has 0 aromatic rings. The van der Waals surface area contributed by atoms with E-state index in [1.165, 1.54) is 0 Å². The number of nitrogens with two attached hydrogens (primary N) is 1. The van der Waals surface area contributed by atoms with Gasteiger partial charge in [0.1, 0.15) is 5.60 Å². The van der Waals surface area contributed by atoms with Gasteiger partial charge < -0.3 is 15.4 Å². The van der Waals surface area contributed by atoms with Crippen molar-refractivity contribution < 1.29 is 14.3 Å². The van der Waals surface area contributed by atoms with Gasteiger partial charge >= 0.3 is 5.97 Å². The molecule has 1 heterocycles. The summed E-state index contributed by atoms with van der Waals surface area (Å²) in [6.45, 7) is 8.31. The second-order valence-electron chi connectivity index (χ2n) is 6.13. The van der Waals surface area contributed by atoms with E-state index in [1.807, 2.05) is 20.8 Å². The average Bonchev–Trinajstić information content (AvgIpc) is 2.13. The summed E-state index contributed by atoms with van der Waals surface area (Å²) in [5.74, 6) is -0.199. The molecule has 0 unspecified atom stereocenters. The van der Waals surface area contributed by atoms with Gasteiger partial charge in [-0.25, -0.2) is 0 Å². The first-order valence-corrected chi connectivity index (χ1v) is 6.38. The van der Waals surface area contributed by atoms with Crippen LogP contribution in [0.15, 0.2) is 0 Å². The first-order valence-electron chi connectivity index (χ1n) is 6.38. The SMILES string of the molecule is CC(=O)N1CCC(N)(CC(=O)OC(C)(C)C)CC1. The predicted octanol–water partition coefficient (Wildman–Crippen LogP) is 1.06. The smallest absolute Gasteiger partial charge is 0.308 e. The Hall–Kier alpha value is -1.10. The zero-order chi connectivity index (χ0) is 14.0. The van der Waals surface area contributed by atoms with Gasteiger partial charge in [-0.05, 0) is 33.6 Å². The Labute approximate surface area is 109 Å². The maximum atomic E-state index is 11.8. The molecule has 0 aromatic heterocycles. The van der Waals surface area contributed by atoms with Gasteiger partial charge in [-0.2, -0.15) is 0 Å². The van der Waals surface area contributed by atoms with Crippen LogP contribution in [-0.4, -0.2) is 41.0 Å². The summed E-state index contributed by atoms with van der Waals surface area (Å²) >= 11 is 0. The maximum Gasteiger partial charge on any atom is 0.308 e. The van der Waals surface area contributed by atoms with Gasteiger partial charge in [0, 0.05) is 25.6 Å². The minimum atomic E-state index is -0.533. The zero-order valence-electron chi connectivity index (χ0n) is 11.8. The van der Waals surface area contributed by atoms with Crippen molar-refractivity contribution in [2.75, 3.05) is 13.1 Å². The van der Waals surface area contributed by atoms with E-state index in [2.05, 4.69) is 0 Å². The summed E-state index contributed by atoms with van der Waals surface area (Å²) in [5, 5.41) is 0. The molecule has 0 atom stereocenters. The van der Waals surface area contributed by atoms with Crippen molar-refractivity contribution in [1.82, 2.24) is 4.90 Å². The highest BCUT2D eigenvalue weighted by Gasteiger charge is 2.35. The molecular weight excluding hydrogens is 232 g/mol. The summed E-state index contributed by atoms with van der Waals surface area (Å²) in [5.41, 5.74) is 5.19. The van der Waals surface area contributed by atoms with Crippen LogP contribution in [0.3, 0.4) is 0 Å². The van der Waals surface area contributed by atoms with E-state index in [9.17, 15) is 9.59 Å². The molecule has 1 amide bonds. The molecule has 5 nitrogen and oxygen atoms in total. The van der Waals surface area contributed by atoms with Gasteiger partial charge in [0.15, 0.2) is 0 Å². The quantitative estimate of drug-likeness (QED) is 0.750. The molecule has 1 fully saturated rings. The number of carbonyl (C=O) groups excluding carboxylic acids is 2. The highest BCUT2D eigenvalue weighted by molar-refractivity contribution is 5.74. The summed E-state index contributed by atoms with van der Waals surface area (Å²) in [6, 6.07) is 0. The van der Waals surface area contributed by atoms with Gasteiger partial charge in [-0.15, -0.1) is 0 Å². The molecular formula is C13H24N2O3. The number of amides is 1. The number of hydrogen-bond donors (Lipinski definition) is 1. The third-order valence-corrected chi connectivity index (χ3v) is 3.12. The van der Waals surface area contributed by atoms with Crippen molar-refractivity contribution in [3.8, 4) is 0 Å². The number of hydrogen-bond acceptors (Lipinski definition) is 4. The zero-order valence-corrected chi connectivity index (χ0v) is 11.8. The van der Waals surface area contributed by atoms with Crippen molar-refractivity contribution in [1.29, 1.82) is 0 Å². The number of nitrogens with zero attached hydrogens (tertiary/aromatic N) is 1. The van der Waals surface area contributed by atoms with Crippen LogP contribution < -0.4 is 5.73 Å². The number of carbonyl (C=O) groups is 2. The Bertz CT molecular complexity index is 326. The highest BCUT2D eigenvalue weighted by Crippen LogP contribution is 2.24. The van der Waals surface area contributed by atoms with Crippen LogP contribution in [0.1, 0.15) is 47.0 Å². The fraction of sp³-hybridized carbons (Fsp3) is 0.846. The molecule has 2 N–H and O–H groups in total. The van der Waals surface area contributed by atoms with Crippen LogP contribution in [0.5, 0.6) is 0 Å². The Morgan fingerprint density at radius 2 is 1.78 bits per heavy atom. The molecule has 5 heteroatoms. The lowest BCUT2D eigenvalue weighted by molar-refractivity contribution is -0.156. The molecule has 18 heavy (non-hydrogen) atoms. The number of likely N-dealkylation sites (tertiary alicyclic amines) is 1. The summed E-state index contributed by atoms with van der Waals surface area (Å²) in [4.78, 5) is 24.7. The average molecular weight is 256 g/mol. The predicted molar refractivity (Wildman–Crippen MR) is 68.9 cm³/mol. The minimum absolute atomic E-state index is 0.0642. The van der Waals surface area contributed by atoms with E-state index < -0.39 is 11.1 Å². The lowest BCUT2D eigenvalue weighted by atomic mass is 9.85. The lowest BCUT2D eigenvalue weighted by Crippen LogP contribution is -2.52. The fourth-order valence-electron chi connectivity index (χ4n) is 2.11. The topological polar surface area (TPSA) is 72.6 Å². The van der Waals surface area contributed by atoms with E-state index in [1.54, 1.807) is 11.8 Å². The third-order valence-electron chi connectivity index (χ3n) is 3.12. The largest absolute Gasteiger partial charge is 0.460 e. The lowest BCUT2D eigenvalue weighted by Gasteiger charge is -2.38. The second-order valence-corrected chi connectivity index (χ2v) is 6.13. The molecule has 0 radical (unpaired) electrons. The molecule has 1 aliphatic rings. The Morgan fingerprint density at radius 1 is 1.28 bits per heavy atom. The van der Waals surface area contributed by atoms with Gasteiger partial charge in [0.25, 0.3) is 0 Å². The summed E-state index contributed by atoms with van der Waals surface area (Å²) in [7, 11) is 0. The van der Waals surface area contributed by atoms with E-state index in [-0.39, 0.29) is 18.3 Å². The number of esters is 1. The van der Waals surface area contributed by atoms with E-state index in [0.717, 1.165) is 0 Å². The summed E-state index contributed by atoms with van der Waals surface area (Å²) in [6.07, 6.45) is 1.51. The summed E-state index contributed by atoms with van der Waals surface area (Å²) < 4.78 is 5.28. The molecule has 0 saturated carbocycles. The van der Waals surface area contributed by atoms with Crippen molar-refractivity contribution in [2.45, 2.75) is 58.1 Å². The molecule has 1 saturated heterocycles. The minimum Gasteiger partial charge on any atom is -0.460 e. The monoisotopic (exact) mass is 256 g/mol. The Balaban J connectivity index is 2.48. The van der Waals surface area contributed by atoms with Crippen molar-refractivity contribution in [3.63, 3.8) is 0 Å². The van der Waals surface area contributed by atoms with Gasteiger partial charge in [0.2, 0.25) is 5.91 Å². The van der Waals surface area contributed by atoms with Crippen molar-refractivity contribution >= 4 is 11.9 Å². The molecule has 104 valence electrons. The molecule has 1 aliphatic heterocycles. The fourth-order valence-corrected chi connectivity index (χ4v) is 2.11. The van der Waals surface area contributed by atoms with E-state index in [4.69, 9.17) is 10.5 Å². The normalized spacial score (nSPS) is 19.5. The Kier molecular flexibility index (Phi) is 4.37. The van der Waals surface area contributed by atoms with Gasteiger partial charge in [0.05, 0.1) is 6.42 Å². The highest BCUT2D eigenvalue weighted by atomic mass is 16.6. The van der Waals surface area contributed by atoms with E-state index >= 15 is 0 Å². The van der Waals surface area contributed by atoms with Crippen LogP contribution in [-0.2, 0) is 14.3 Å². The first-order chi connectivity index (χ1) is 8.11. The molecule has 0 aliphatic carbocycles. The van der Waals surface area contributed by atoms with Crippen LogP contribution in [0.4, 0.5) is 0 Å².